The molecule has 0 aromatic heterocycles. The van der Waals surface area contributed by atoms with E-state index in [0.717, 1.165) is 5.56 Å². The molecule has 1 aromatic carbocycles. The van der Waals surface area contributed by atoms with Gasteiger partial charge in [0.2, 0.25) is 5.91 Å². The second kappa shape index (κ2) is 8.10. The van der Waals surface area contributed by atoms with Crippen molar-refractivity contribution in [2.45, 2.75) is 26.3 Å². The van der Waals surface area contributed by atoms with Crippen molar-refractivity contribution in [2.75, 3.05) is 6.54 Å². The molecule has 0 spiro atoms. The van der Waals surface area contributed by atoms with Crippen molar-refractivity contribution < 1.29 is 9.59 Å². The van der Waals surface area contributed by atoms with Gasteiger partial charge in [-0.15, -0.1) is 0 Å². The third-order valence-electron chi connectivity index (χ3n) is 2.96. The molecular weight excluding hydrogens is 313 g/mol. The average Bonchev–Trinajstić information content (AvgIpc) is 2.37. The van der Waals surface area contributed by atoms with E-state index in [1.54, 1.807) is 12.1 Å². The quantitative estimate of drug-likeness (QED) is 0.747. The van der Waals surface area contributed by atoms with Gasteiger partial charge in [0.05, 0.1) is 0 Å². The molecule has 0 saturated heterocycles. The van der Waals surface area contributed by atoms with E-state index in [9.17, 15) is 9.59 Å². The van der Waals surface area contributed by atoms with Crippen LogP contribution in [-0.2, 0) is 11.2 Å². The van der Waals surface area contributed by atoms with Gasteiger partial charge in [-0.05, 0) is 30.0 Å². The molecule has 0 heterocycles. The normalized spacial score (nSPS) is 12.0. The highest BCUT2D eigenvalue weighted by Gasteiger charge is 2.22. The summed E-state index contributed by atoms with van der Waals surface area (Å²) in [5.74, 6) is -0.328. The minimum atomic E-state index is -0.718. The fraction of sp³-hybridized carbons (Fsp3) is 0.429. The molecule has 0 unspecified atom stereocenters. The first-order valence-electron chi connectivity index (χ1n) is 6.59. The molecule has 1 aromatic rings. The Kier molecular flexibility index (Phi) is 6.78. The van der Waals surface area contributed by atoms with Crippen molar-refractivity contribution >= 4 is 35.1 Å². The van der Waals surface area contributed by atoms with Gasteiger partial charge in [0.15, 0.2) is 0 Å². The molecule has 1 rings (SSSR count). The topological polar surface area (TPSA) is 84.2 Å². The molecule has 4 N–H and O–H groups in total. The fourth-order valence-corrected chi connectivity index (χ4v) is 2.35. The lowest BCUT2D eigenvalue weighted by atomic mass is 10.0. The Morgan fingerprint density at radius 2 is 1.95 bits per heavy atom. The smallest absolute Gasteiger partial charge is 0.312 e. The van der Waals surface area contributed by atoms with Crippen molar-refractivity contribution in [2.24, 2.45) is 11.7 Å². The third kappa shape index (κ3) is 5.81. The van der Waals surface area contributed by atoms with Gasteiger partial charge in [-0.1, -0.05) is 43.1 Å². The number of carbonyl (C=O) groups excluding carboxylic acids is 2. The maximum Gasteiger partial charge on any atom is 0.312 e. The second-order valence-electron chi connectivity index (χ2n) is 5.01. The lowest BCUT2D eigenvalue weighted by Gasteiger charge is -2.20. The van der Waals surface area contributed by atoms with Crippen LogP contribution in [0.3, 0.4) is 0 Å². The Balaban J connectivity index is 2.53. The molecule has 7 heteroatoms. The van der Waals surface area contributed by atoms with Gasteiger partial charge in [-0.3, -0.25) is 4.79 Å². The zero-order valence-corrected chi connectivity index (χ0v) is 13.5. The Morgan fingerprint density at radius 3 is 2.48 bits per heavy atom. The van der Waals surface area contributed by atoms with Crippen LogP contribution < -0.4 is 16.4 Å². The molecule has 0 aliphatic heterocycles. The molecule has 0 bridgehead atoms. The van der Waals surface area contributed by atoms with E-state index >= 15 is 0 Å². The summed E-state index contributed by atoms with van der Waals surface area (Å²) >= 11 is 11.9. The summed E-state index contributed by atoms with van der Waals surface area (Å²) in [6.45, 7) is 4.07. The molecule has 116 valence electrons. The predicted molar refractivity (Wildman–Crippen MR) is 84.5 cm³/mol. The van der Waals surface area contributed by atoms with E-state index in [1.165, 1.54) is 0 Å². The predicted octanol–water partition coefficient (Wildman–Crippen LogP) is 2.35. The number of nitrogens with two attached hydrogens (primary N) is 1. The van der Waals surface area contributed by atoms with Crippen LogP contribution in [0.15, 0.2) is 18.2 Å². The largest absolute Gasteiger partial charge is 0.354 e. The van der Waals surface area contributed by atoms with E-state index < -0.39 is 12.1 Å². The molecule has 0 saturated carbocycles. The van der Waals surface area contributed by atoms with Crippen LogP contribution in [0.4, 0.5) is 4.79 Å². The monoisotopic (exact) mass is 331 g/mol. The molecule has 0 radical (unpaired) electrons. The lowest BCUT2D eigenvalue weighted by Crippen LogP contribution is -2.51. The first-order valence-corrected chi connectivity index (χ1v) is 7.34. The summed E-state index contributed by atoms with van der Waals surface area (Å²) in [6, 6.07) is 3.85. The van der Waals surface area contributed by atoms with Crippen LogP contribution in [0, 0.1) is 5.92 Å². The van der Waals surface area contributed by atoms with Crippen molar-refractivity contribution in [3.63, 3.8) is 0 Å². The van der Waals surface area contributed by atoms with E-state index in [-0.39, 0.29) is 11.8 Å². The summed E-state index contributed by atoms with van der Waals surface area (Å²) < 4.78 is 0. The van der Waals surface area contributed by atoms with Crippen LogP contribution in [-0.4, -0.2) is 24.5 Å². The molecule has 0 fully saturated rings. The van der Waals surface area contributed by atoms with Crippen LogP contribution in [0.2, 0.25) is 10.0 Å². The lowest BCUT2D eigenvalue weighted by molar-refractivity contribution is -0.123. The first kappa shape index (κ1) is 17.6. The number of hydrogen-bond donors (Lipinski definition) is 3. The number of urea groups is 1. The van der Waals surface area contributed by atoms with Gasteiger partial charge >= 0.3 is 6.03 Å². The summed E-state index contributed by atoms with van der Waals surface area (Å²) in [5, 5.41) is 6.32. The molecule has 3 amide bonds. The van der Waals surface area contributed by atoms with Crippen molar-refractivity contribution in [3.8, 4) is 0 Å². The van der Waals surface area contributed by atoms with Gasteiger partial charge in [0.25, 0.3) is 0 Å². The average molecular weight is 332 g/mol. The van der Waals surface area contributed by atoms with Crippen LogP contribution in [0.25, 0.3) is 0 Å². The SMILES string of the molecule is CC(C)[C@H](NC(N)=O)C(=O)NCCc1ccc(Cl)cc1Cl. The number of primary amides is 1. The standard InChI is InChI=1S/C14H19Cl2N3O2/c1-8(2)12(19-14(17)21)13(20)18-6-5-9-3-4-10(15)7-11(9)16/h3-4,7-8,12H,5-6H2,1-2H3,(H,18,20)(H3,17,19,21)/t12-/m0/s1. The van der Waals surface area contributed by atoms with E-state index in [4.69, 9.17) is 28.9 Å². The first-order chi connectivity index (χ1) is 9.81. The van der Waals surface area contributed by atoms with Gasteiger partial charge in [0, 0.05) is 16.6 Å². The summed E-state index contributed by atoms with van der Waals surface area (Å²) in [5.41, 5.74) is 5.96. The Morgan fingerprint density at radius 1 is 1.29 bits per heavy atom. The molecule has 0 aliphatic rings. The third-order valence-corrected chi connectivity index (χ3v) is 3.54. The Bertz CT molecular complexity index is 521. The molecule has 1 atom stereocenters. The number of carbonyl (C=O) groups is 2. The van der Waals surface area contributed by atoms with Crippen molar-refractivity contribution in [1.82, 2.24) is 10.6 Å². The van der Waals surface area contributed by atoms with Crippen molar-refractivity contribution in [3.05, 3.63) is 33.8 Å². The van der Waals surface area contributed by atoms with Crippen molar-refractivity contribution in [1.29, 1.82) is 0 Å². The molecule has 21 heavy (non-hydrogen) atoms. The number of halogens is 2. The zero-order chi connectivity index (χ0) is 16.0. The van der Waals surface area contributed by atoms with E-state index in [0.29, 0.717) is 23.0 Å². The minimum absolute atomic E-state index is 0.0587. The Labute approximate surface area is 134 Å². The fourth-order valence-electron chi connectivity index (χ4n) is 1.84. The van der Waals surface area contributed by atoms with E-state index in [1.807, 2.05) is 19.9 Å². The number of hydrogen-bond acceptors (Lipinski definition) is 2. The number of nitrogens with one attached hydrogen (secondary N) is 2. The molecule has 0 aliphatic carbocycles. The van der Waals surface area contributed by atoms with Crippen LogP contribution in [0.5, 0.6) is 0 Å². The maximum absolute atomic E-state index is 12.0. The van der Waals surface area contributed by atoms with Crippen LogP contribution >= 0.6 is 23.2 Å². The van der Waals surface area contributed by atoms with E-state index in [2.05, 4.69) is 10.6 Å². The molecular formula is C14H19Cl2N3O2. The molecule has 5 nitrogen and oxygen atoms in total. The van der Waals surface area contributed by atoms with Gasteiger partial charge in [0.1, 0.15) is 6.04 Å². The van der Waals surface area contributed by atoms with Crippen LogP contribution in [0.1, 0.15) is 19.4 Å². The summed E-state index contributed by atoms with van der Waals surface area (Å²) in [4.78, 5) is 22.9. The highest BCUT2D eigenvalue weighted by Crippen LogP contribution is 2.21. The Hall–Kier alpha value is -1.46. The van der Waals surface area contributed by atoms with Gasteiger partial charge in [-0.25, -0.2) is 4.79 Å². The summed E-state index contributed by atoms with van der Waals surface area (Å²) in [7, 11) is 0. The number of rotatable bonds is 6. The van der Waals surface area contributed by atoms with Gasteiger partial charge in [-0.2, -0.15) is 0 Å². The highest BCUT2D eigenvalue weighted by atomic mass is 35.5. The summed E-state index contributed by atoms with van der Waals surface area (Å²) in [6.07, 6.45) is 0.573. The number of benzene rings is 1. The maximum atomic E-state index is 12.0. The van der Waals surface area contributed by atoms with Gasteiger partial charge < -0.3 is 16.4 Å². The minimum Gasteiger partial charge on any atom is -0.354 e. The zero-order valence-electron chi connectivity index (χ0n) is 12.0. The second-order valence-corrected chi connectivity index (χ2v) is 5.85. The number of amides is 3. The highest BCUT2D eigenvalue weighted by molar-refractivity contribution is 6.35.